The molecule has 19 heavy (non-hydrogen) atoms. The van der Waals surface area contributed by atoms with Crippen LogP contribution in [0.15, 0.2) is 65.4 Å². The maximum Gasteiger partial charge on any atom is 0.0568 e. The first kappa shape index (κ1) is 12.3. The minimum absolute atomic E-state index is 0.151. The Morgan fingerprint density at radius 1 is 0.947 bits per heavy atom. The summed E-state index contributed by atoms with van der Waals surface area (Å²) in [7, 11) is 0. The Morgan fingerprint density at radius 2 is 1.74 bits per heavy atom. The third-order valence-electron chi connectivity index (χ3n) is 3.29. The van der Waals surface area contributed by atoms with Crippen LogP contribution in [-0.4, -0.2) is 4.98 Å². The van der Waals surface area contributed by atoms with E-state index in [4.69, 9.17) is 5.73 Å². The zero-order valence-corrected chi connectivity index (χ0v) is 11.8. The summed E-state index contributed by atoms with van der Waals surface area (Å²) in [5.41, 5.74) is 8.64. The first-order valence-corrected chi connectivity index (χ1v) is 6.89. The first-order valence-electron chi connectivity index (χ1n) is 6.10. The van der Waals surface area contributed by atoms with Crippen molar-refractivity contribution in [3.05, 3.63) is 76.5 Å². The molecule has 1 heterocycles. The van der Waals surface area contributed by atoms with Gasteiger partial charge in [-0.25, -0.2) is 0 Å². The van der Waals surface area contributed by atoms with E-state index in [1.165, 1.54) is 0 Å². The van der Waals surface area contributed by atoms with Crippen molar-refractivity contribution in [1.82, 2.24) is 4.98 Å². The van der Waals surface area contributed by atoms with Gasteiger partial charge in [0, 0.05) is 22.3 Å². The second kappa shape index (κ2) is 5.11. The van der Waals surface area contributed by atoms with Gasteiger partial charge in [0.25, 0.3) is 0 Å². The highest BCUT2D eigenvalue weighted by molar-refractivity contribution is 9.10. The topological polar surface area (TPSA) is 38.9 Å². The summed E-state index contributed by atoms with van der Waals surface area (Å²) in [6, 6.07) is 16.1. The molecule has 0 aliphatic carbocycles. The van der Waals surface area contributed by atoms with E-state index in [1.54, 1.807) is 6.20 Å². The van der Waals surface area contributed by atoms with Crippen molar-refractivity contribution in [3.63, 3.8) is 0 Å². The van der Waals surface area contributed by atoms with Crippen molar-refractivity contribution in [1.29, 1.82) is 0 Å². The molecule has 0 radical (unpaired) electrons. The van der Waals surface area contributed by atoms with Crippen molar-refractivity contribution in [2.45, 2.75) is 6.04 Å². The number of nitrogens with zero attached hydrogens (tertiary/aromatic N) is 1. The van der Waals surface area contributed by atoms with Gasteiger partial charge in [0.2, 0.25) is 0 Å². The Labute approximate surface area is 120 Å². The maximum atomic E-state index is 6.43. The summed E-state index contributed by atoms with van der Waals surface area (Å²) < 4.78 is 1.04. The molecule has 2 nitrogen and oxygen atoms in total. The van der Waals surface area contributed by atoms with E-state index in [0.29, 0.717) is 0 Å². The van der Waals surface area contributed by atoms with Crippen LogP contribution in [0, 0.1) is 0 Å². The summed E-state index contributed by atoms with van der Waals surface area (Å²) in [5.74, 6) is 0. The van der Waals surface area contributed by atoms with E-state index in [0.717, 1.165) is 26.4 Å². The molecule has 0 amide bonds. The molecule has 2 N–H and O–H groups in total. The van der Waals surface area contributed by atoms with Crippen molar-refractivity contribution < 1.29 is 0 Å². The first-order chi connectivity index (χ1) is 9.27. The normalized spacial score (nSPS) is 12.5. The molecule has 1 atom stereocenters. The van der Waals surface area contributed by atoms with Crippen molar-refractivity contribution in [2.24, 2.45) is 5.73 Å². The van der Waals surface area contributed by atoms with Gasteiger partial charge in [0.05, 0.1) is 6.04 Å². The third kappa shape index (κ3) is 2.27. The van der Waals surface area contributed by atoms with Crippen LogP contribution >= 0.6 is 15.9 Å². The molecule has 0 spiro atoms. The summed E-state index contributed by atoms with van der Waals surface area (Å²) in [6.07, 6.45) is 3.67. The fraction of sp³-hybridized carbons (Fsp3) is 0.0625. The number of halogens is 1. The van der Waals surface area contributed by atoms with E-state index in [9.17, 15) is 0 Å². The predicted molar refractivity (Wildman–Crippen MR) is 81.9 cm³/mol. The highest BCUT2D eigenvalue weighted by atomic mass is 79.9. The maximum absolute atomic E-state index is 6.43. The number of nitrogens with two attached hydrogens (primary N) is 1. The van der Waals surface area contributed by atoms with Crippen LogP contribution < -0.4 is 5.73 Å². The second-order valence-corrected chi connectivity index (χ2v) is 5.30. The molecule has 0 aliphatic rings. The molecule has 94 valence electrons. The third-order valence-corrected chi connectivity index (χ3v) is 4.01. The lowest BCUT2D eigenvalue weighted by molar-refractivity contribution is 0.875. The van der Waals surface area contributed by atoms with Crippen molar-refractivity contribution >= 4 is 26.7 Å². The Kier molecular flexibility index (Phi) is 3.32. The Bertz CT molecular complexity index is 719. The number of benzene rings is 2. The Hall–Kier alpha value is -1.71. The van der Waals surface area contributed by atoms with Crippen LogP contribution in [0.25, 0.3) is 10.8 Å². The predicted octanol–water partition coefficient (Wildman–Crippen LogP) is 4.05. The number of hydrogen-bond acceptors (Lipinski definition) is 2. The second-order valence-electron chi connectivity index (χ2n) is 4.44. The largest absolute Gasteiger partial charge is 0.320 e. The zero-order chi connectivity index (χ0) is 13.2. The van der Waals surface area contributed by atoms with Crippen molar-refractivity contribution in [3.8, 4) is 0 Å². The lowest BCUT2D eigenvalue weighted by atomic mass is 9.95. The van der Waals surface area contributed by atoms with Gasteiger partial charge < -0.3 is 5.73 Å². The molecule has 2 aromatic carbocycles. The van der Waals surface area contributed by atoms with E-state index >= 15 is 0 Å². The molecular formula is C16H13BrN2. The molecule has 3 aromatic rings. The molecule has 0 bridgehead atoms. The molecule has 3 rings (SSSR count). The van der Waals surface area contributed by atoms with Crippen LogP contribution in [0.2, 0.25) is 0 Å². The van der Waals surface area contributed by atoms with Crippen LogP contribution in [-0.2, 0) is 0 Å². The average Bonchev–Trinajstić information content (AvgIpc) is 2.46. The Morgan fingerprint density at radius 3 is 2.58 bits per heavy atom. The minimum atomic E-state index is -0.151. The average molecular weight is 313 g/mol. The van der Waals surface area contributed by atoms with Gasteiger partial charge in [-0.2, -0.15) is 0 Å². The molecular weight excluding hydrogens is 300 g/mol. The molecule has 1 aromatic heterocycles. The van der Waals surface area contributed by atoms with Crippen molar-refractivity contribution in [2.75, 3.05) is 0 Å². The van der Waals surface area contributed by atoms with Gasteiger partial charge in [-0.05, 0) is 28.6 Å². The van der Waals surface area contributed by atoms with E-state index in [-0.39, 0.29) is 6.04 Å². The molecule has 0 aliphatic heterocycles. The number of pyridine rings is 1. The summed E-state index contributed by atoms with van der Waals surface area (Å²) in [5, 5.41) is 2.27. The van der Waals surface area contributed by atoms with Gasteiger partial charge >= 0.3 is 0 Å². The van der Waals surface area contributed by atoms with Gasteiger partial charge in [-0.3, -0.25) is 4.98 Å². The van der Waals surface area contributed by atoms with Gasteiger partial charge in [0.15, 0.2) is 0 Å². The van der Waals surface area contributed by atoms with E-state index in [1.807, 2.05) is 36.5 Å². The van der Waals surface area contributed by atoms with Gasteiger partial charge in [-0.1, -0.05) is 52.3 Å². The minimum Gasteiger partial charge on any atom is -0.320 e. The smallest absolute Gasteiger partial charge is 0.0568 e. The van der Waals surface area contributed by atoms with Gasteiger partial charge in [-0.15, -0.1) is 0 Å². The van der Waals surface area contributed by atoms with E-state index in [2.05, 4.69) is 39.1 Å². The monoisotopic (exact) mass is 312 g/mol. The standard InChI is InChI=1S/C16H13BrN2/c17-15-7-2-1-5-14(15)16(18)13-6-3-4-11-10-19-9-8-12(11)13/h1-10,16H,18H2. The van der Waals surface area contributed by atoms with Gasteiger partial charge in [0.1, 0.15) is 0 Å². The molecule has 0 saturated heterocycles. The Balaban J connectivity index is 2.17. The number of aromatic nitrogens is 1. The van der Waals surface area contributed by atoms with Crippen LogP contribution in [0.1, 0.15) is 17.2 Å². The number of fused-ring (bicyclic) bond motifs is 1. The highest BCUT2D eigenvalue weighted by Crippen LogP contribution is 2.30. The molecule has 3 heteroatoms. The zero-order valence-electron chi connectivity index (χ0n) is 10.3. The van der Waals surface area contributed by atoms with Crippen LogP contribution in [0.5, 0.6) is 0 Å². The molecule has 0 fully saturated rings. The molecule has 0 saturated carbocycles. The number of hydrogen-bond donors (Lipinski definition) is 1. The van der Waals surface area contributed by atoms with Crippen LogP contribution in [0.3, 0.4) is 0 Å². The lowest BCUT2D eigenvalue weighted by Crippen LogP contribution is -2.12. The fourth-order valence-corrected chi connectivity index (χ4v) is 2.85. The summed E-state index contributed by atoms with van der Waals surface area (Å²) in [6.45, 7) is 0. The molecule has 1 unspecified atom stereocenters. The van der Waals surface area contributed by atoms with Crippen LogP contribution in [0.4, 0.5) is 0 Å². The summed E-state index contributed by atoms with van der Waals surface area (Å²) in [4.78, 5) is 4.15. The number of rotatable bonds is 2. The van der Waals surface area contributed by atoms with E-state index < -0.39 is 0 Å². The SMILES string of the molecule is NC(c1ccccc1Br)c1cccc2cnccc12. The lowest BCUT2D eigenvalue weighted by Gasteiger charge is -2.16. The fourth-order valence-electron chi connectivity index (χ4n) is 2.31. The quantitative estimate of drug-likeness (QED) is 0.775. The summed E-state index contributed by atoms with van der Waals surface area (Å²) >= 11 is 3.57. The highest BCUT2D eigenvalue weighted by Gasteiger charge is 2.14.